The van der Waals surface area contributed by atoms with Crippen LogP contribution in [0.3, 0.4) is 0 Å². The summed E-state index contributed by atoms with van der Waals surface area (Å²) in [7, 11) is 3.10. The molecule has 110 valence electrons. The van der Waals surface area contributed by atoms with Crippen LogP contribution in [0.1, 0.15) is 23.7 Å². The molecule has 1 rings (SSSR count). The minimum atomic E-state index is -0.323. The van der Waals surface area contributed by atoms with E-state index in [4.69, 9.17) is 15.2 Å². The minimum absolute atomic E-state index is 0.160. The van der Waals surface area contributed by atoms with Gasteiger partial charge in [-0.2, -0.15) is 0 Å². The van der Waals surface area contributed by atoms with Crippen LogP contribution in [0.4, 0.5) is 5.69 Å². The van der Waals surface area contributed by atoms with Gasteiger partial charge in [-0.3, -0.25) is 9.59 Å². The summed E-state index contributed by atoms with van der Waals surface area (Å²) in [6, 6.07) is 4.83. The zero-order chi connectivity index (χ0) is 15.1. The molecule has 6 nitrogen and oxygen atoms in total. The van der Waals surface area contributed by atoms with Gasteiger partial charge in [0.25, 0.3) is 5.91 Å². The second-order valence-electron chi connectivity index (χ2n) is 4.24. The fraction of sp³-hybridized carbons (Fsp3) is 0.429. The van der Waals surface area contributed by atoms with E-state index in [0.717, 1.165) is 0 Å². The number of methoxy groups -OCH3 is 1. The van der Waals surface area contributed by atoms with Crippen molar-refractivity contribution >= 4 is 17.6 Å². The number of amides is 1. The molecule has 20 heavy (non-hydrogen) atoms. The van der Waals surface area contributed by atoms with E-state index in [2.05, 4.69) is 0 Å². The van der Waals surface area contributed by atoms with Crippen LogP contribution in [0.25, 0.3) is 0 Å². The predicted octanol–water partition coefficient (Wildman–Crippen LogP) is 1.30. The number of rotatable bonds is 6. The summed E-state index contributed by atoms with van der Waals surface area (Å²) >= 11 is 0. The average Bonchev–Trinajstić information content (AvgIpc) is 2.44. The lowest BCUT2D eigenvalue weighted by molar-refractivity contribution is -0.143. The Morgan fingerprint density at radius 2 is 2.05 bits per heavy atom. The van der Waals surface area contributed by atoms with E-state index in [-0.39, 0.29) is 24.8 Å². The molecule has 0 aliphatic carbocycles. The number of nitrogens with two attached hydrogens (primary N) is 1. The molecule has 0 heterocycles. The fourth-order valence-corrected chi connectivity index (χ4v) is 1.68. The Kier molecular flexibility index (Phi) is 5.83. The molecule has 0 fully saturated rings. The van der Waals surface area contributed by atoms with Crippen LogP contribution in [-0.2, 0) is 9.53 Å². The lowest BCUT2D eigenvalue weighted by atomic mass is 10.1. The summed E-state index contributed by atoms with van der Waals surface area (Å²) in [5.74, 6) is -0.138. The lowest BCUT2D eigenvalue weighted by Gasteiger charge is -2.18. The number of hydrogen-bond acceptors (Lipinski definition) is 5. The zero-order valence-corrected chi connectivity index (χ0v) is 12.0. The van der Waals surface area contributed by atoms with Gasteiger partial charge in [0.15, 0.2) is 0 Å². The summed E-state index contributed by atoms with van der Waals surface area (Å²) in [5, 5.41) is 0. The van der Waals surface area contributed by atoms with Gasteiger partial charge in [-0.1, -0.05) is 0 Å². The maximum atomic E-state index is 12.3. The van der Waals surface area contributed by atoms with Gasteiger partial charge in [0, 0.05) is 25.3 Å². The highest BCUT2D eigenvalue weighted by molar-refractivity contribution is 5.97. The van der Waals surface area contributed by atoms with Crippen molar-refractivity contribution in [3.05, 3.63) is 23.8 Å². The molecule has 0 saturated heterocycles. The minimum Gasteiger partial charge on any atom is -0.496 e. The van der Waals surface area contributed by atoms with E-state index >= 15 is 0 Å². The van der Waals surface area contributed by atoms with E-state index in [1.54, 1.807) is 32.2 Å². The van der Waals surface area contributed by atoms with E-state index in [9.17, 15) is 9.59 Å². The molecule has 0 bridgehead atoms. The largest absolute Gasteiger partial charge is 0.496 e. The molecular weight excluding hydrogens is 260 g/mol. The first-order chi connectivity index (χ1) is 9.49. The van der Waals surface area contributed by atoms with Crippen LogP contribution < -0.4 is 10.5 Å². The topological polar surface area (TPSA) is 81.9 Å². The molecular formula is C14H20N2O4. The van der Waals surface area contributed by atoms with Gasteiger partial charge in [0.1, 0.15) is 5.75 Å². The Balaban J connectivity index is 2.72. The zero-order valence-electron chi connectivity index (χ0n) is 12.0. The van der Waals surface area contributed by atoms with Crippen LogP contribution in [0, 0.1) is 0 Å². The number of ether oxygens (including phenoxy) is 2. The highest BCUT2D eigenvalue weighted by atomic mass is 16.5. The predicted molar refractivity (Wildman–Crippen MR) is 75.6 cm³/mol. The molecule has 0 atom stereocenters. The number of anilines is 1. The van der Waals surface area contributed by atoms with Crippen LogP contribution in [0.2, 0.25) is 0 Å². The molecule has 0 saturated carbocycles. The Bertz CT molecular complexity index is 488. The Hall–Kier alpha value is -2.24. The summed E-state index contributed by atoms with van der Waals surface area (Å²) in [4.78, 5) is 25.0. The highest BCUT2D eigenvalue weighted by Crippen LogP contribution is 2.22. The van der Waals surface area contributed by atoms with Gasteiger partial charge < -0.3 is 20.1 Å². The van der Waals surface area contributed by atoms with Gasteiger partial charge in [-0.15, -0.1) is 0 Å². The van der Waals surface area contributed by atoms with Gasteiger partial charge in [-0.25, -0.2) is 0 Å². The van der Waals surface area contributed by atoms with Gasteiger partial charge in [0.2, 0.25) is 0 Å². The number of hydrogen-bond donors (Lipinski definition) is 1. The maximum Gasteiger partial charge on any atom is 0.307 e. The normalized spacial score (nSPS) is 9.95. The van der Waals surface area contributed by atoms with Crippen molar-refractivity contribution in [2.45, 2.75) is 13.3 Å². The van der Waals surface area contributed by atoms with Crippen LogP contribution in [-0.4, -0.2) is 44.1 Å². The Morgan fingerprint density at radius 1 is 1.35 bits per heavy atom. The molecule has 0 spiro atoms. The van der Waals surface area contributed by atoms with E-state index in [1.165, 1.54) is 12.0 Å². The summed E-state index contributed by atoms with van der Waals surface area (Å²) < 4.78 is 9.96. The second kappa shape index (κ2) is 7.37. The van der Waals surface area contributed by atoms with Crippen LogP contribution >= 0.6 is 0 Å². The lowest BCUT2D eigenvalue weighted by Crippen LogP contribution is -2.29. The second-order valence-corrected chi connectivity index (χ2v) is 4.24. The quantitative estimate of drug-likeness (QED) is 0.627. The molecule has 0 aliphatic heterocycles. The average molecular weight is 280 g/mol. The standard InChI is InChI=1S/C14H20N2O4/c1-4-20-13(17)7-8-16(2)14(18)11-6-5-10(15)9-12(11)19-3/h5-6,9H,4,7-8,15H2,1-3H3. The van der Waals surface area contributed by atoms with Crippen LogP contribution in [0.5, 0.6) is 5.75 Å². The number of carbonyl (C=O) groups excluding carboxylic acids is 2. The third-order valence-electron chi connectivity index (χ3n) is 2.76. The number of nitrogens with zero attached hydrogens (tertiary/aromatic N) is 1. The third-order valence-corrected chi connectivity index (χ3v) is 2.76. The molecule has 6 heteroatoms. The van der Waals surface area contributed by atoms with Crippen LogP contribution in [0.15, 0.2) is 18.2 Å². The summed E-state index contributed by atoms with van der Waals surface area (Å²) in [6.45, 7) is 2.36. The van der Waals surface area contributed by atoms with Crippen molar-refractivity contribution in [1.82, 2.24) is 4.90 Å². The summed E-state index contributed by atoms with van der Waals surface area (Å²) in [5.41, 5.74) is 6.58. The first-order valence-electron chi connectivity index (χ1n) is 6.34. The number of carbonyl (C=O) groups is 2. The number of benzene rings is 1. The van der Waals surface area contributed by atoms with Crippen molar-refractivity contribution < 1.29 is 19.1 Å². The van der Waals surface area contributed by atoms with Gasteiger partial charge in [0.05, 0.1) is 25.7 Å². The Morgan fingerprint density at radius 3 is 2.65 bits per heavy atom. The van der Waals surface area contributed by atoms with Crippen molar-refractivity contribution in [1.29, 1.82) is 0 Å². The first kappa shape index (κ1) is 15.8. The highest BCUT2D eigenvalue weighted by Gasteiger charge is 2.17. The van der Waals surface area contributed by atoms with E-state index in [0.29, 0.717) is 23.6 Å². The maximum absolute atomic E-state index is 12.3. The van der Waals surface area contributed by atoms with Crippen molar-refractivity contribution in [2.24, 2.45) is 0 Å². The molecule has 1 aromatic rings. The molecule has 1 aromatic carbocycles. The molecule has 1 amide bonds. The van der Waals surface area contributed by atoms with Gasteiger partial charge >= 0.3 is 5.97 Å². The number of nitrogen functional groups attached to an aromatic ring is 1. The van der Waals surface area contributed by atoms with Crippen molar-refractivity contribution in [3.8, 4) is 5.75 Å². The molecule has 2 N–H and O–H groups in total. The first-order valence-corrected chi connectivity index (χ1v) is 6.34. The smallest absolute Gasteiger partial charge is 0.307 e. The molecule has 0 aliphatic rings. The molecule has 0 aromatic heterocycles. The van der Waals surface area contributed by atoms with Crippen molar-refractivity contribution in [3.63, 3.8) is 0 Å². The van der Waals surface area contributed by atoms with Gasteiger partial charge in [-0.05, 0) is 19.1 Å². The monoisotopic (exact) mass is 280 g/mol. The van der Waals surface area contributed by atoms with E-state index in [1.807, 2.05) is 0 Å². The van der Waals surface area contributed by atoms with E-state index < -0.39 is 0 Å². The molecule has 0 unspecified atom stereocenters. The van der Waals surface area contributed by atoms with Crippen molar-refractivity contribution in [2.75, 3.05) is 33.0 Å². The Labute approximate surface area is 118 Å². The summed E-state index contributed by atoms with van der Waals surface area (Å²) in [6.07, 6.45) is 0.160. The third kappa shape index (κ3) is 4.15. The number of esters is 1. The SMILES string of the molecule is CCOC(=O)CCN(C)C(=O)c1ccc(N)cc1OC. The fourth-order valence-electron chi connectivity index (χ4n) is 1.68. The molecule has 0 radical (unpaired) electrons.